The van der Waals surface area contributed by atoms with Gasteiger partial charge in [-0.1, -0.05) is 30.3 Å². The Bertz CT molecular complexity index is 1740. The number of hydrogen-bond donors (Lipinski definition) is 6. The lowest BCUT2D eigenvalue weighted by molar-refractivity contribution is -0.165. The van der Waals surface area contributed by atoms with Gasteiger partial charge in [-0.15, -0.1) is 0 Å². The molecule has 2 aliphatic rings. The van der Waals surface area contributed by atoms with Crippen molar-refractivity contribution in [1.29, 1.82) is 0 Å². The largest absolute Gasteiger partial charge is 0.479 e. The van der Waals surface area contributed by atoms with E-state index >= 15 is 0 Å². The van der Waals surface area contributed by atoms with Gasteiger partial charge in [0, 0.05) is 62.9 Å². The number of aliphatic hydroxyl groups excluding tert-OH is 2. The second kappa shape index (κ2) is 15.0. The van der Waals surface area contributed by atoms with Gasteiger partial charge < -0.3 is 40.9 Å². The number of aliphatic carboxylic acids is 2. The number of aromatic nitrogens is 4. The second-order valence-corrected chi connectivity index (χ2v) is 11.6. The smallest absolute Gasteiger partial charge is 0.335 e. The normalized spacial score (nSPS) is 15.2. The number of fused-ring (bicyclic) bond motifs is 3. The highest BCUT2D eigenvalue weighted by Gasteiger charge is 2.30. The first-order valence-corrected chi connectivity index (χ1v) is 15.4. The molecule has 15 heteroatoms. The van der Waals surface area contributed by atoms with Crippen molar-refractivity contribution in [2.75, 3.05) is 43.4 Å². The molecule has 0 radical (unpaired) electrons. The Hall–Kier alpha value is -5.38. The van der Waals surface area contributed by atoms with Gasteiger partial charge in [-0.05, 0) is 55.3 Å². The molecular formula is C33H38N8O7. The summed E-state index contributed by atoms with van der Waals surface area (Å²) < 4.78 is 1.77. The number of carboxylic acids is 2. The number of amides is 1. The zero-order valence-electron chi connectivity index (χ0n) is 26.6. The van der Waals surface area contributed by atoms with Crippen molar-refractivity contribution < 1.29 is 34.8 Å². The van der Waals surface area contributed by atoms with Gasteiger partial charge in [-0.25, -0.2) is 19.6 Å². The van der Waals surface area contributed by atoms with E-state index < -0.39 is 24.1 Å². The van der Waals surface area contributed by atoms with Crippen molar-refractivity contribution >= 4 is 35.2 Å². The fraction of sp³-hybridized carbons (Fsp3) is 0.333. The minimum absolute atomic E-state index is 0.165. The number of hydrogen-bond acceptors (Lipinski definition) is 11. The maximum atomic E-state index is 13.0. The Morgan fingerprint density at radius 3 is 2.15 bits per heavy atom. The van der Waals surface area contributed by atoms with E-state index in [1.54, 1.807) is 4.68 Å². The number of carboxylic acid groups (broad SMARTS) is 2. The molecule has 0 saturated carbocycles. The van der Waals surface area contributed by atoms with Crippen molar-refractivity contribution in [2.45, 2.75) is 31.6 Å². The number of anilines is 3. The number of aryl methyl sites for hydroxylation is 2. The van der Waals surface area contributed by atoms with Crippen LogP contribution in [-0.4, -0.2) is 108 Å². The van der Waals surface area contributed by atoms with Crippen molar-refractivity contribution in [1.82, 2.24) is 30.0 Å². The van der Waals surface area contributed by atoms with Crippen LogP contribution in [0, 0.1) is 0 Å². The number of carbonyl (C=O) groups is 3. The number of benzene rings is 2. The Labute approximate surface area is 276 Å². The molecule has 1 fully saturated rings. The van der Waals surface area contributed by atoms with Crippen LogP contribution in [-0.2, 0) is 36.0 Å². The predicted molar refractivity (Wildman–Crippen MR) is 176 cm³/mol. The molecule has 48 heavy (non-hydrogen) atoms. The average molecular weight is 659 g/mol. The summed E-state index contributed by atoms with van der Waals surface area (Å²) in [6.45, 7) is 4.70. The minimum Gasteiger partial charge on any atom is -0.479 e. The molecule has 252 valence electrons. The van der Waals surface area contributed by atoms with Crippen LogP contribution in [0.3, 0.4) is 0 Å². The van der Waals surface area contributed by atoms with Gasteiger partial charge in [-0.2, -0.15) is 5.10 Å². The number of carbonyl (C=O) groups excluding carboxylic acids is 1. The number of aliphatic hydroxyl groups is 2. The van der Waals surface area contributed by atoms with Gasteiger partial charge in [0.25, 0.3) is 5.91 Å². The van der Waals surface area contributed by atoms with Crippen LogP contribution in [0.15, 0.2) is 60.8 Å². The quantitative estimate of drug-likeness (QED) is 0.150. The zero-order valence-corrected chi connectivity index (χ0v) is 26.6. The second-order valence-electron chi connectivity index (χ2n) is 11.6. The third-order valence-corrected chi connectivity index (χ3v) is 8.19. The standard InChI is InChI=1S/C29H32N8O.C4H6O6/c1-35-14-16-37(17-15-35)23-11-9-22(10-12-23)32-29-31-19-21-8-13-24-26(34-36(2)27(24)25(21)33-29)28(38)30-18-20-6-4-3-5-7-20;5-1(3(7)8)2(6)4(9)10/h3-7,9-12,19H,8,13-18H2,1-2H3,(H,30,38)(H,31,32,33);1-2,5-6H,(H,7,8)(H,9,10)/t;1-,2-/m.1/s1. The first kappa shape index (κ1) is 34.0. The molecule has 3 heterocycles. The minimum atomic E-state index is -2.27. The molecule has 2 atom stereocenters. The van der Waals surface area contributed by atoms with E-state index in [0.717, 1.165) is 72.8 Å². The Balaban J connectivity index is 0.000000393. The lowest BCUT2D eigenvalue weighted by atomic mass is 9.93. The molecule has 1 aliphatic heterocycles. The Kier molecular flexibility index (Phi) is 10.6. The van der Waals surface area contributed by atoms with Crippen molar-refractivity contribution in [2.24, 2.45) is 7.05 Å². The molecule has 0 bridgehead atoms. The van der Waals surface area contributed by atoms with E-state index in [-0.39, 0.29) is 5.91 Å². The van der Waals surface area contributed by atoms with E-state index in [0.29, 0.717) is 18.2 Å². The summed E-state index contributed by atoms with van der Waals surface area (Å²) in [4.78, 5) is 46.8. The van der Waals surface area contributed by atoms with E-state index in [1.165, 1.54) is 5.69 Å². The molecular weight excluding hydrogens is 620 g/mol. The summed E-state index contributed by atoms with van der Waals surface area (Å²) in [6.07, 6.45) is -1.15. The lowest BCUT2D eigenvalue weighted by Crippen LogP contribution is -2.44. The number of likely N-dealkylation sites (N-methyl/N-ethyl adjacent to an activating group) is 1. The summed E-state index contributed by atoms with van der Waals surface area (Å²) in [5, 5.41) is 43.5. The Morgan fingerprint density at radius 1 is 0.875 bits per heavy atom. The van der Waals surface area contributed by atoms with Crippen LogP contribution in [0.4, 0.5) is 17.3 Å². The van der Waals surface area contributed by atoms with E-state index in [4.69, 9.17) is 25.4 Å². The van der Waals surface area contributed by atoms with Crippen LogP contribution >= 0.6 is 0 Å². The number of nitrogens with one attached hydrogen (secondary N) is 2. The number of nitrogens with zero attached hydrogens (tertiary/aromatic N) is 6. The first-order valence-electron chi connectivity index (χ1n) is 15.4. The summed E-state index contributed by atoms with van der Waals surface area (Å²) in [7, 11) is 4.03. The number of piperazine rings is 1. The highest BCUT2D eigenvalue weighted by Crippen LogP contribution is 2.34. The molecule has 6 N–H and O–H groups in total. The van der Waals surface area contributed by atoms with Crippen molar-refractivity contribution in [3.05, 3.63) is 83.2 Å². The maximum Gasteiger partial charge on any atom is 0.335 e. The molecule has 15 nitrogen and oxygen atoms in total. The summed E-state index contributed by atoms with van der Waals surface area (Å²) in [5.74, 6) is -3.17. The summed E-state index contributed by atoms with van der Waals surface area (Å²) in [5.41, 5.74) is 7.39. The van der Waals surface area contributed by atoms with Crippen LogP contribution < -0.4 is 15.5 Å². The van der Waals surface area contributed by atoms with Crippen LogP contribution in [0.5, 0.6) is 0 Å². The van der Waals surface area contributed by atoms with Crippen molar-refractivity contribution in [3.8, 4) is 11.4 Å². The highest BCUT2D eigenvalue weighted by molar-refractivity contribution is 5.96. The molecule has 0 unspecified atom stereocenters. The van der Waals surface area contributed by atoms with Crippen LogP contribution in [0.1, 0.15) is 27.2 Å². The van der Waals surface area contributed by atoms with E-state index in [2.05, 4.69) is 61.8 Å². The average Bonchev–Trinajstić information content (AvgIpc) is 3.44. The highest BCUT2D eigenvalue weighted by atomic mass is 16.4. The van der Waals surface area contributed by atoms with Gasteiger partial charge in [-0.3, -0.25) is 9.48 Å². The maximum absolute atomic E-state index is 13.0. The molecule has 6 rings (SSSR count). The van der Waals surface area contributed by atoms with E-state index in [9.17, 15) is 14.4 Å². The third kappa shape index (κ3) is 7.94. The topological polar surface area (TPSA) is 206 Å². The van der Waals surface area contributed by atoms with Crippen LogP contribution in [0.25, 0.3) is 11.4 Å². The Morgan fingerprint density at radius 2 is 1.52 bits per heavy atom. The predicted octanol–water partition coefficient (Wildman–Crippen LogP) is 1.28. The lowest BCUT2D eigenvalue weighted by Gasteiger charge is -2.34. The van der Waals surface area contributed by atoms with Gasteiger partial charge in [0.1, 0.15) is 0 Å². The first-order chi connectivity index (χ1) is 23.0. The molecule has 2 aromatic carbocycles. The summed E-state index contributed by atoms with van der Waals surface area (Å²) in [6, 6.07) is 18.3. The van der Waals surface area contributed by atoms with Gasteiger partial charge in [0.2, 0.25) is 5.95 Å². The van der Waals surface area contributed by atoms with Gasteiger partial charge >= 0.3 is 11.9 Å². The number of rotatable bonds is 9. The molecule has 1 aliphatic carbocycles. The molecule has 1 amide bonds. The molecule has 1 saturated heterocycles. The third-order valence-electron chi connectivity index (χ3n) is 8.19. The van der Waals surface area contributed by atoms with E-state index in [1.807, 2.05) is 43.6 Å². The van der Waals surface area contributed by atoms with Gasteiger partial charge in [0.05, 0.1) is 11.4 Å². The van der Waals surface area contributed by atoms with Gasteiger partial charge in [0.15, 0.2) is 17.9 Å². The fourth-order valence-corrected chi connectivity index (χ4v) is 5.48. The molecule has 2 aromatic heterocycles. The SMILES string of the molecule is CN1CCN(c2ccc(Nc3ncc4c(n3)-c3c(c(C(=O)NCc5ccccc5)nn3C)CC4)cc2)CC1.O=C(O)[C@H](O)[C@@H](O)C(=O)O. The monoisotopic (exact) mass is 658 g/mol. The molecule has 0 spiro atoms. The van der Waals surface area contributed by atoms with Crippen molar-refractivity contribution in [3.63, 3.8) is 0 Å². The fourth-order valence-electron chi connectivity index (χ4n) is 5.48. The molecule has 4 aromatic rings. The van der Waals surface area contributed by atoms with Crippen LogP contribution in [0.2, 0.25) is 0 Å². The zero-order chi connectivity index (χ0) is 34.4. The summed E-state index contributed by atoms with van der Waals surface area (Å²) >= 11 is 0.